The van der Waals surface area contributed by atoms with Gasteiger partial charge in [-0.25, -0.2) is 21.8 Å². The van der Waals surface area contributed by atoms with Gasteiger partial charge in [-0.1, -0.05) is 0 Å². The van der Waals surface area contributed by atoms with Crippen molar-refractivity contribution in [1.82, 2.24) is 5.01 Å². The second kappa shape index (κ2) is 7.04. The summed E-state index contributed by atoms with van der Waals surface area (Å²) in [6.45, 7) is 0. The van der Waals surface area contributed by atoms with Crippen molar-refractivity contribution in [3.63, 3.8) is 0 Å². The molecule has 27 heavy (non-hydrogen) atoms. The molecule has 0 unspecified atom stereocenters. The maximum Gasteiger partial charge on any atom is 0.271 e. The lowest BCUT2D eigenvalue weighted by atomic mass is 10.1. The van der Waals surface area contributed by atoms with Crippen LogP contribution >= 0.6 is 0 Å². The average molecular weight is 413 g/mol. The Kier molecular flexibility index (Phi) is 5.08. The van der Waals surface area contributed by atoms with Gasteiger partial charge in [-0.15, -0.1) is 0 Å². The smallest absolute Gasteiger partial charge is 0.271 e. The fourth-order valence-corrected chi connectivity index (χ4v) is 5.30. The number of carbonyl (C=O) groups is 2. The Morgan fingerprint density at radius 1 is 1.22 bits per heavy atom. The maximum atomic E-state index is 12.4. The highest BCUT2D eigenvalue weighted by molar-refractivity contribution is 7.91. The van der Waals surface area contributed by atoms with E-state index in [9.17, 15) is 26.4 Å². The molecule has 146 valence electrons. The van der Waals surface area contributed by atoms with Gasteiger partial charge in [-0.2, -0.15) is 5.10 Å². The van der Waals surface area contributed by atoms with Gasteiger partial charge in [-0.05, 0) is 30.7 Å². The first kappa shape index (κ1) is 19.5. The largest absolute Gasteiger partial charge is 0.321 e. The van der Waals surface area contributed by atoms with Gasteiger partial charge < -0.3 is 5.32 Å². The van der Waals surface area contributed by atoms with E-state index < -0.39 is 31.6 Å². The van der Waals surface area contributed by atoms with Crippen LogP contribution in [-0.4, -0.2) is 63.2 Å². The summed E-state index contributed by atoms with van der Waals surface area (Å²) >= 11 is 0. The first-order chi connectivity index (χ1) is 12.5. The molecule has 0 bridgehead atoms. The Morgan fingerprint density at radius 2 is 1.89 bits per heavy atom. The number of carbonyl (C=O) groups excluding carboxylic acids is 2. The van der Waals surface area contributed by atoms with Gasteiger partial charge in [0.05, 0.1) is 22.4 Å². The van der Waals surface area contributed by atoms with E-state index in [4.69, 9.17) is 0 Å². The van der Waals surface area contributed by atoms with Gasteiger partial charge in [-0.3, -0.25) is 9.59 Å². The maximum absolute atomic E-state index is 12.4. The number of hydrogen-bond donors (Lipinski definition) is 1. The van der Waals surface area contributed by atoms with E-state index in [1.807, 2.05) is 0 Å². The van der Waals surface area contributed by atoms with Crippen LogP contribution in [0.15, 0.2) is 34.3 Å². The SMILES string of the molecule is CS(=O)(=O)c1ccc(NC(=O)C2=NN([C@@H]3CCS(=O)(=O)C3)C(=O)CC2)cc1. The molecule has 1 aromatic rings. The molecule has 0 aliphatic carbocycles. The van der Waals surface area contributed by atoms with Crippen molar-refractivity contribution in [2.24, 2.45) is 5.10 Å². The number of nitrogens with zero attached hydrogens (tertiary/aromatic N) is 2. The summed E-state index contributed by atoms with van der Waals surface area (Å²) in [6.07, 6.45) is 1.63. The van der Waals surface area contributed by atoms with Crippen LogP contribution in [0.25, 0.3) is 0 Å². The van der Waals surface area contributed by atoms with Crippen LogP contribution in [-0.2, 0) is 29.3 Å². The molecule has 1 aromatic carbocycles. The molecule has 1 fully saturated rings. The minimum absolute atomic E-state index is 0.00514. The molecule has 11 heteroatoms. The van der Waals surface area contributed by atoms with Crippen molar-refractivity contribution in [3.05, 3.63) is 24.3 Å². The number of anilines is 1. The molecule has 0 spiro atoms. The van der Waals surface area contributed by atoms with Crippen LogP contribution in [0.3, 0.4) is 0 Å². The van der Waals surface area contributed by atoms with Crippen LogP contribution in [0.5, 0.6) is 0 Å². The summed E-state index contributed by atoms with van der Waals surface area (Å²) in [5.41, 5.74) is 0.521. The molecule has 2 amide bonds. The average Bonchev–Trinajstić information content (AvgIpc) is 2.94. The van der Waals surface area contributed by atoms with E-state index in [0.29, 0.717) is 12.1 Å². The minimum Gasteiger partial charge on any atom is -0.321 e. The second-order valence-electron chi connectivity index (χ2n) is 6.59. The third-order valence-corrected chi connectivity index (χ3v) is 7.30. The quantitative estimate of drug-likeness (QED) is 0.750. The topological polar surface area (TPSA) is 130 Å². The molecule has 2 aliphatic heterocycles. The third-order valence-electron chi connectivity index (χ3n) is 4.42. The van der Waals surface area contributed by atoms with Crippen LogP contribution in [0.2, 0.25) is 0 Å². The van der Waals surface area contributed by atoms with E-state index in [0.717, 1.165) is 11.3 Å². The van der Waals surface area contributed by atoms with E-state index >= 15 is 0 Å². The van der Waals surface area contributed by atoms with E-state index in [1.54, 1.807) is 0 Å². The van der Waals surface area contributed by atoms with Crippen molar-refractivity contribution in [2.45, 2.75) is 30.2 Å². The van der Waals surface area contributed by atoms with Crippen molar-refractivity contribution in [2.75, 3.05) is 23.1 Å². The van der Waals surface area contributed by atoms with Gasteiger partial charge in [0.15, 0.2) is 19.7 Å². The van der Waals surface area contributed by atoms with Gasteiger partial charge in [0, 0.05) is 24.8 Å². The molecule has 0 saturated carbocycles. The number of hydrazone groups is 1. The molecular weight excluding hydrogens is 394 g/mol. The highest BCUT2D eigenvalue weighted by atomic mass is 32.2. The van der Waals surface area contributed by atoms with Gasteiger partial charge >= 0.3 is 0 Å². The van der Waals surface area contributed by atoms with Gasteiger partial charge in [0.2, 0.25) is 5.91 Å². The zero-order valence-electron chi connectivity index (χ0n) is 14.6. The summed E-state index contributed by atoms with van der Waals surface area (Å²) in [7, 11) is -6.51. The highest BCUT2D eigenvalue weighted by Crippen LogP contribution is 2.22. The minimum atomic E-state index is -3.33. The fraction of sp³-hybridized carbons (Fsp3) is 0.438. The molecule has 3 rings (SSSR count). The Labute approximate surface area is 157 Å². The van der Waals surface area contributed by atoms with Gasteiger partial charge in [0.25, 0.3) is 5.91 Å². The van der Waals surface area contributed by atoms with Crippen LogP contribution in [0, 0.1) is 0 Å². The summed E-state index contributed by atoms with van der Waals surface area (Å²) in [5, 5.41) is 7.82. The number of nitrogens with one attached hydrogen (secondary N) is 1. The molecule has 1 N–H and O–H groups in total. The van der Waals surface area contributed by atoms with E-state index in [-0.39, 0.29) is 40.9 Å². The number of rotatable bonds is 4. The number of hydrogen-bond acceptors (Lipinski definition) is 7. The lowest BCUT2D eigenvalue weighted by molar-refractivity contribution is -0.133. The van der Waals surface area contributed by atoms with E-state index in [1.165, 1.54) is 24.3 Å². The zero-order valence-corrected chi connectivity index (χ0v) is 16.2. The Balaban J connectivity index is 1.74. The molecule has 0 aromatic heterocycles. The van der Waals surface area contributed by atoms with E-state index in [2.05, 4.69) is 10.4 Å². The van der Waals surface area contributed by atoms with Crippen LogP contribution in [0.1, 0.15) is 19.3 Å². The second-order valence-corrected chi connectivity index (χ2v) is 10.8. The molecule has 2 heterocycles. The first-order valence-corrected chi connectivity index (χ1v) is 12.0. The zero-order chi connectivity index (χ0) is 19.8. The standard InChI is InChI=1S/C16H19N3O6S2/c1-26(22,23)13-4-2-11(3-5-13)17-16(21)14-6-7-15(20)19(18-14)12-8-9-27(24,25)10-12/h2-5,12H,6-10H2,1H3,(H,17,21)/t12-/m1/s1. The lowest BCUT2D eigenvalue weighted by Gasteiger charge is -2.27. The van der Waals surface area contributed by atoms with Crippen molar-refractivity contribution >= 4 is 42.9 Å². The normalized spacial score (nSPS) is 22.4. The Morgan fingerprint density at radius 3 is 2.44 bits per heavy atom. The first-order valence-electron chi connectivity index (χ1n) is 8.27. The summed E-state index contributed by atoms with van der Waals surface area (Å²) < 4.78 is 46.2. The summed E-state index contributed by atoms with van der Waals surface area (Å²) in [6, 6.07) is 5.15. The molecule has 1 saturated heterocycles. The fourth-order valence-electron chi connectivity index (χ4n) is 2.98. The van der Waals surface area contributed by atoms with Crippen LogP contribution < -0.4 is 5.32 Å². The molecular formula is C16H19N3O6S2. The predicted molar refractivity (Wildman–Crippen MR) is 98.8 cm³/mol. The molecule has 2 aliphatic rings. The molecule has 9 nitrogen and oxygen atoms in total. The van der Waals surface area contributed by atoms with Gasteiger partial charge in [0.1, 0.15) is 5.71 Å². The predicted octanol–water partition coefficient (Wildman–Crippen LogP) is 0.194. The Hall–Kier alpha value is -2.27. The highest BCUT2D eigenvalue weighted by Gasteiger charge is 2.37. The van der Waals surface area contributed by atoms with Crippen molar-refractivity contribution in [1.29, 1.82) is 0 Å². The molecule has 0 radical (unpaired) electrons. The van der Waals surface area contributed by atoms with Crippen LogP contribution in [0.4, 0.5) is 5.69 Å². The third kappa shape index (κ3) is 4.53. The number of sulfone groups is 2. The monoisotopic (exact) mass is 413 g/mol. The lowest BCUT2D eigenvalue weighted by Crippen LogP contribution is -2.42. The number of amides is 2. The van der Waals surface area contributed by atoms with Crippen molar-refractivity contribution in [3.8, 4) is 0 Å². The molecule has 1 atom stereocenters. The van der Waals surface area contributed by atoms with Crippen molar-refractivity contribution < 1.29 is 26.4 Å². The number of benzene rings is 1. The summed E-state index contributed by atoms with van der Waals surface area (Å²) in [4.78, 5) is 24.6. The summed E-state index contributed by atoms with van der Waals surface area (Å²) in [5.74, 6) is -0.957. The Bertz CT molecular complexity index is 1010.